The number of ether oxygens (including phenoxy) is 3. The zero-order valence-corrected chi connectivity index (χ0v) is 17.5. The number of halogens is 1. The van der Waals surface area contributed by atoms with Crippen LogP contribution in [0.4, 0.5) is 0 Å². The van der Waals surface area contributed by atoms with Gasteiger partial charge in [-0.3, -0.25) is 4.79 Å². The zero-order chi connectivity index (χ0) is 19.6. The first kappa shape index (κ1) is 19.5. The molecule has 1 amide bonds. The Bertz CT molecular complexity index is 819. The number of hydrogen-bond donors (Lipinski definition) is 1. The van der Waals surface area contributed by atoms with Gasteiger partial charge in [0, 0.05) is 22.5 Å². The molecule has 1 heterocycles. The predicted octanol–water partition coefficient (Wildman–Crippen LogP) is 4.64. The van der Waals surface area contributed by atoms with Gasteiger partial charge in [0.25, 0.3) is 5.91 Å². The van der Waals surface area contributed by atoms with Crippen molar-refractivity contribution < 1.29 is 19.0 Å². The maximum atomic E-state index is 12.7. The van der Waals surface area contributed by atoms with Crippen LogP contribution in [0.15, 0.2) is 46.9 Å². The van der Waals surface area contributed by atoms with Crippen LogP contribution in [0.1, 0.15) is 38.8 Å². The van der Waals surface area contributed by atoms with E-state index in [-0.39, 0.29) is 11.9 Å². The Morgan fingerprint density at radius 3 is 2.56 bits per heavy atom. The Hall–Kier alpha value is -2.21. The van der Waals surface area contributed by atoms with Crippen molar-refractivity contribution in [1.82, 2.24) is 5.32 Å². The average Bonchev–Trinajstić information content (AvgIpc) is 2.62. The largest absolute Gasteiger partial charge is 0.497 e. The SMILES string of the molecule is COc1ccc2c(c1)OC(C)(C)C[C@H]2NC(=O)[C@@H](C)Oc1ccc(Br)cc1. The molecule has 27 heavy (non-hydrogen) atoms. The molecule has 0 unspecified atom stereocenters. The average molecular weight is 434 g/mol. The normalized spacial score (nSPS) is 18.6. The van der Waals surface area contributed by atoms with Gasteiger partial charge in [-0.25, -0.2) is 0 Å². The Labute approximate surface area is 168 Å². The maximum absolute atomic E-state index is 12.7. The molecule has 0 bridgehead atoms. The molecule has 2 atom stereocenters. The molecule has 0 spiro atoms. The molecular weight excluding hydrogens is 410 g/mol. The fourth-order valence-electron chi connectivity index (χ4n) is 3.15. The summed E-state index contributed by atoms with van der Waals surface area (Å²) in [6.45, 7) is 5.77. The highest BCUT2D eigenvalue weighted by atomic mass is 79.9. The first-order valence-corrected chi connectivity index (χ1v) is 9.66. The minimum atomic E-state index is -0.612. The van der Waals surface area contributed by atoms with E-state index in [1.54, 1.807) is 14.0 Å². The molecule has 5 nitrogen and oxygen atoms in total. The van der Waals surface area contributed by atoms with Crippen LogP contribution in [-0.2, 0) is 4.79 Å². The summed E-state index contributed by atoms with van der Waals surface area (Å²) in [6.07, 6.45) is 0.0575. The summed E-state index contributed by atoms with van der Waals surface area (Å²) >= 11 is 3.39. The van der Waals surface area contributed by atoms with Crippen LogP contribution < -0.4 is 19.5 Å². The number of methoxy groups -OCH3 is 1. The van der Waals surface area contributed by atoms with Gasteiger partial charge in [-0.2, -0.15) is 0 Å². The molecule has 1 N–H and O–H groups in total. The van der Waals surface area contributed by atoms with E-state index in [0.717, 1.165) is 21.5 Å². The van der Waals surface area contributed by atoms with Crippen molar-refractivity contribution in [3.63, 3.8) is 0 Å². The standard InChI is InChI=1S/C21H24BrNO4/c1-13(26-15-7-5-14(22)6-8-15)20(24)23-18-12-21(2,3)27-19-11-16(25-4)9-10-17(18)19/h5-11,13,18H,12H2,1-4H3,(H,23,24)/t13-,18-/m1/s1. The molecule has 0 saturated carbocycles. The lowest BCUT2D eigenvalue weighted by molar-refractivity contribution is -0.128. The topological polar surface area (TPSA) is 56.8 Å². The van der Waals surface area contributed by atoms with Gasteiger partial charge in [0.15, 0.2) is 6.10 Å². The lowest BCUT2D eigenvalue weighted by atomic mass is 9.89. The van der Waals surface area contributed by atoms with Crippen molar-refractivity contribution >= 4 is 21.8 Å². The number of hydrogen-bond acceptors (Lipinski definition) is 4. The van der Waals surface area contributed by atoms with Crippen LogP contribution in [0, 0.1) is 0 Å². The van der Waals surface area contributed by atoms with Crippen molar-refractivity contribution in [2.75, 3.05) is 7.11 Å². The molecule has 6 heteroatoms. The second kappa shape index (κ2) is 7.80. The van der Waals surface area contributed by atoms with E-state index in [2.05, 4.69) is 21.2 Å². The van der Waals surface area contributed by atoms with Crippen LogP contribution in [0.25, 0.3) is 0 Å². The quantitative estimate of drug-likeness (QED) is 0.745. The first-order chi connectivity index (χ1) is 12.8. The number of nitrogens with one attached hydrogen (secondary N) is 1. The van der Waals surface area contributed by atoms with Gasteiger partial charge in [0.05, 0.1) is 13.2 Å². The molecule has 1 aliphatic heterocycles. The fourth-order valence-corrected chi connectivity index (χ4v) is 3.41. The lowest BCUT2D eigenvalue weighted by Crippen LogP contribution is -2.44. The molecule has 0 radical (unpaired) electrons. The third kappa shape index (κ3) is 4.75. The smallest absolute Gasteiger partial charge is 0.261 e. The predicted molar refractivity (Wildman–Crippen MR) is 107 cm³/mol. The van der Waals surface area contributed by atoms with E-state index in [1.165, 1.54) is 0 Å². The van der Waals surface area contributed by atoms with Crippen LogP contribution in [0.3, 0.4) is 0 Å². The van der Waals surface area contributed by atoms with Gasteiger partial charge < -0.3 is 19.5 Å². The van der Waals surface area contributed by atoms with E-state index >= 15 is 0 Å². The van der Waals surface area contributed by atoms with Crippen LogP contribution >= 0.6 is 15.9 Å². The highest BCUT2D eigenvalue weighted by Crippen LogP contribution is 2.41. The second-order valence-electron chi connectivity index (χ2n) is 7.24. The second-order valence-corrected chi connectivity index (χ2v) is 8.16. The van der Waals surface area contributed by atoms with Gasteiger partial charge in [0.1, 0.15) is 22.8 Å². The Kier molecular flexibility index (Phi) is 5.65. The number of benzene rings is 2. The summed E-state index contributed by atoms with van der Waals surface area (Å²) < 4.78 is 18.1. The minimum absolute atomic E-state index is 0.155. The molecule has 0 fully saturated rings. The number of rotatable bonds is 5. The van der Waals surface area contributed by atoms with Crippen molar-refractivity contribution in [2.24, 2.45) is 0 Å². The summed E-state index contributed by atoms with van der Waals surface area (Å²) in [5.41, 5.74) is 0.548. The van der Waals surface area contributed by atoms with Crippen molar-refractivity contribution in [3.05, 3.63) is 52.5 Å². The first-order valence-electron chi connectivity index (χ1n) is 8.87. The molecule has 2 aromatic rings. The molecule has 2 aromatic carbocycles. The summed E-state index contributed by atoms with van der Waals surface area (Å²) in [7, 11) is 1.62. The zero-order valence-electron chi connectivity index (χ0n) is 15.9. The van der Waals surface area contributed by atoms with Crippen LogP contribution in [-0.4, -0.2) is 24.7 Å². The van der Waals surface area contributed by atoms with Crippen molar-refractivity contribution in [2.45, 2.75) is 44.9 Å². The van der Waals surface area contributed by atoms with Gasteiger partial charge in [-0.1, -0.05) is 15.9 Å². The van der Waals surface area contributed by atoms with E-state index in [4.69, 9.17) is 14.2 Å². The Morgan fingerprint density at radius 2 is 1.89 bits per heavy atom. The lowest BCUT2D eigenvalue weighted by Gasteiger charge is -2.38. The molecule has 144 valence electrons. The third-order valence-electron chi connectivity index (χ3n) is 4.49. The summed E-state index contributed by atoms with van der Waals surface area (Å²) in [4.78, 5) is 12.7. The van der Waals surface area contributed by atoms with Gasteiger partial charge >= 0.3 is 0 Å². The monoisotopic (exact) mass is 433 g/mol. The number of carbonyl (C=O) groups excluding carboxylic acids is 1. The summed E-state index contributed by atoms with van der Waals surface area (Å²) in [5.74, 6) is 1.95. The molecule has 3 rings (SSSR count). The van der Waals surface area contributed by atoms with Gasteiger partial charge in [-0.15, -0.1) is 0 Å². The fraction of sp³-hybridized carbons (Fsp3) is 0.381. The molecule has 0 aromatic heterocycles. The van der Waals surface area contributed by atoms with Gasteiger partial charge in [-0.05, 0) is 57.2 Å². The Balaban J connectivity index is 1.74. The highest BCUT2D eigenvalue weighted by molar-refractivity contribution is 9.10. The molecule has 1 aliphatic rings. The van der Waals surface area contributed by atoms with Crippen LogP contribution in [0.5, 0.6) is 17.2 Å². The number of fused-ring (bicyclic) bond motifs is 1. The maximum Gasteiger partial charge on any atom is 0.261 e. The van der Waals surface area contributed by atoms with E-state index in [0.29, 0.717) is 12.2 Å². The third-order valence-corrected chi connectivity index (χ3v) is 5.02. The van der Waals surface area contributed by atoms with Crippen LogP contribution in [0.2, 0.25) is 0 Å². The summed E-state index contributed by atoms with van der Waals surface area (Å²) in [5, 5.41) is 3.11. The van der Waals surface area contributed by atoms with Crippen molar-refractivity contribution in [1.29, 1.82) is 0 Å². The number of amides is 1. The Morgan fingerprint density at radius 1 is 1.22 bits per heavy atom. The van der Waals surface area contributed by atoms with Gasteiger partial charge in [0.2, 0.25) is 0 Å². The number of carbonyl (C=O) groups is 1. The summed E-state index contributed by atoms with van der Waals surface area (Å²) in [6, 6.07) is 12.9. The minimum Gasteiger partial charge on any atom is -0.497 e. The van der Waals surface area contributed by atoms with E-state index in [9.17, 15) is 4.79 Å². The highest BCUT2D eigenvalue weighted by Gasteiger charge is 2.35. The van der Waals surface area contributed by atoms with E-state index < -0.39 is 11.7 Å². The molecule has 0 aliphatic carbocycles. The molecule has 0 saturated heterocycles. The van der Waals surface area contributed by atoms with Crippen molar-refractivity contribution in [3.8, 4) is 17.2 Å². The van der Waals surface area contributed by atoms with E-state index in [1.807, 2.05) is 56.3 Å². The molecular formula is C21H24BrNO4.